The van der Waals surface area contributed by atoms with Gasteiger partial charge in [-0.3, -0.25) is 0 Å². The summed E-state index contributed by atoms with van der Waals surface area (Å²) in [6.45, 7) is 12.0. The van der Waals surface area contributed by atoms with E-state index >= 15 is 0 Å². The van der Waals surface area contributed by atoms with E-state index in [1.807, 2.05) is 7.05 Å². The number of benzene rings is 1. The predicted octanol–water partition coefficient (Wildman–Crippen LogP) is 3.05. The van der Waals surface area contributed by atoms with E-state index in [-0.39, 0.29) is 5.54 Å². The molecule has 0 aromatic heterocycles. The van der Waals surface area contributed by atoms with Gasteiger partial charge in [0, 0.05) is 24.8 Å². The summed E-state index contributed by atoms with van der Waals surface area (Å²) < 4.78 is 0. The third-order valence-electron chi connectivity index (χ3n) is 3.69. The number of nitrogens with zero attached hydrogens (tertiary/aromatic N) is 1. The van der Waals surface area contributed by atoms with Crippen molar-refractivity contribution >= 4 is 5.69 Å². The van der Waals surface area contributed by atoms with Crippen molar-refractivity contribution in [1.29, 1.82) is 0 Å². The van der Waals surface area contributed by atoms with Gasteiger partial charge in [0.25, 0.3) is 0 Å². The van der Waals surface area contributed by atoms with Gasteiger partial charge in [0.05, 0.1) is 0 Å². The number of likely N-dealkylation sites (N-methyl/N-ethyl adjacent to an activating group) is 2. The van der Waals surface area contributed by atoms with Crippen molar-refractivity contribution in [1.82, 2.24) is 5.32 Å². The Kier molecular flexibility index (Phi) is 4.21. The summed E-state index contributed by atoms with van der Waals surface area (Å²) in [6, 6.07) is 4.57. The molecule has 0 bridgehead atoms. The lowest BCUT2D eigenvalue weighted by Crippen LogP contribution is -2.48. The van der Waals surface area contributed by atoms with Crippen molar-refractivity contribution in [3.63, 3.8) is 0 Å². The Morgan fingerprint density at radius 2 is 1.59 bits per heavy atom. The third kappa shape index (κ3) is 3.01. The van der Waals surface area contributed by atoms with Gasteiger partial charge >= 0.3 is 0 Å². The maximum atomic E-state index is 3.26. The Morgan fingerprint density at radius 1 is 1.06 bits per heavy atom. The van der Waals surface area contributed by atoms with Crippen LogP contribution in [-0.4, -0.2) is 26.2 Å². The first-order valence-electron chi connectivity index (χ1n) is 6.26. The SMILES string of the molecule is CNCC(C)(C)N(C)c1cc(C)c(C)cc1C. The van der Waals surface area contributed by atoms with Gasteiger partial charge in [0.15, 0.2) is 0 Å². The number of hydrogen-bond donors (Lipinski definition) is 1. The zero-order valence-electron chi connectivity index (χ0n) is 12.3. The van der Waals surface area contributed by atoms with Crippen LogP contribution in [0.3, 0.4) is 0 Å². The molecule has 0 amide bonds. The Bertz CT molecular complexity index is 394. The Balaban J connectivity index is 3.12. The van der Waals surface area contributed by atoms with Crippen LogP contribution in [0.15, 0.2) is 12.1 Å². The molecule has 2 nitrogen and oxygen atoms in total. The largest absolute Gasteiger partial charge is 0.368 e. The van der Waals surface area contributed by atoms with Crippen LogP contribution in [0.5, 0.6) is 0 Å². The average molecular weight is 234 g/mol. The van der Waals surface area contributed by atoms with Crippen LogP contribution < -0.4 is 10.2 Å². The van der Waals surface area contributed by atoms with Gasteiger partial charge < -0.3 is 10.2 Å². The minimum atomic E-state index is 0.112. The Hall–Kier alpha value is -1.02. The van der Waals surface area contributed by atoms with E-state index in [2.05, 4.69) is 64.0 Å². The predicted molar refractivity (Wildman–Crippen MR) is 77.1 cm³/mol. The lowest BCUT2D eigenvalue weighted by Gasteiger charge is -2.38. The average Bonchev–Trinajstić information content (AvgIpc) is 2.22. The molecule has 0 radical (unpaired) electrons. The molecule has 0 atom stereocenters. The smallest absolute Gasteiger partial charge is 0.0466 e. The third-order valence-corrected chi connectivity index (χ3v) is 3.69. The Morgan fingerprint density at radius 3 is 2.12 bits per heavy atom. The second-order valence-electron chi connectivity index (χ2n) is 5.62. The molecule has 2 heteroatoms. The van der Waals surface area contributed by atoms with Gasteiger partial charge in [0.1, 0.15) is 0 Å². The van der Waals surface area contributed by atoms with E-state index in [0.29, 0.717) is 0 Å². The van der Waals surface area contributed by atoms with Crippen molar-refractivity contribution in [3.05, 3.63) is 28.8 Å². The van der Waals surface area contributed by atoms with Crippen LogP contribution in [0.4, 0.5) is 5.69 Å². The van der Waals surface area contributed by atoms with Crippen molar-refractivity contribution < 1.29 is 0 Å². The maximum absolute atomic E-state index is 3.26. The molecule has 17 heavy (non-hydrogen) atoms. The fourth-order valence-corrected chi connectivity index (χ4v) is 2.18. The van der Waals surface area contributed by atoms with E-state index < -0.39 is 0 Å². The molecule has 0 aliphatic heterocycles. The molecule has 1 N–H and O–H groups in total. The van der Waals surface area contributed by atoms with Crippen LogP contribution in [0.1, 0.15) is 30.5 Å². The van der Waals surface area contributed by atoms with E-state index in [0.717, 1.165) is 6.54 Å². The van der Waals surface area contributed by atoms with E-state index in [9.17, 15) is 0 Å². The zero-order valence-corrected chi connectivity index (χ0v) is 12.3. The minimum Gasteiger partial charge on any atom is -0.368 e. The molecule has 0 spiro atoms. The Labute approximate surface area is 106 Å². The summed E-state index contributed by atoms with van der Waals surface area (Å²) in [5.74, 6) is 0. The van der Waals surface area contributed by atoms with Crippen LogP contribution in [0.2, 0.25) is 0 Å². The summed E-state index contributed by atoms with van der Waals surface area (Å²) in [4.78, 5) is 2.37. The monoisotopic (exact) mass is 234 g/mol. The summed E-state index contributed by atoms with van der Waals surface area (Å²) in [5.41, 5.74) is 5.51. The standard InChI is InChI=1S/C15H26N2/c1-11-8-13(3)14(9-12(11)2)17(7)15(4,5)10-16-6/h8-9,16H,10H2,1-7H3. The van der Waals surface area contributed by atoms with Crippen molar-refractivity contribution in [2.45, 2.75) is 40.2 Å². The van der Waals surface area contributed by atoms with Crippen molar-refractivity contribution in [3.8, 4) is 0 Å². The maximum Gasteiger partial charge on any atom is 0.0466 e. The summed E-state index contributed by atoms with van der Waals surface area (Å²) in [7, 11) is 4.18. The minimum absolute atomic E-state index is 0.112. The quantitative estimate of drug-likeness (QED) is 0.861. The van der Waals surface area contributed by atoms with E-state index in [1.54, 1.807) is 0 Å². The highest BCUT2D eigenvalue weighted by molar-refractivity contribution is 5.58. The van der Waals surface area contributed by atoms with Gasteiger partial charge in [-0.25, -0.2) is 0 Å². The normalized spacial score (nSPS) is 11.7. The first kappa shape index (κ1) is 14.0. The second kappa shape index (κ2) is 5.09. The van der Waals surface area contributed by atoms with Crippen LogP contribution >= 0.6 is 0 Å². The second-order valence-corrected chi connectivity index (χ2v) is 5.62. The first-order valence-corrected chi connectivity index (χ1v) is 6.26. The van der Waals surface area contributed by atoms with Gasteiger partial charge in [-0.05, 0) is 64.4 Å². The lowest BCUT2D eigenvalue weighted by molar-refractivity contribution is 0.462. The fourth-order valence-electron chi connectivity index (χ4n) is 2.18. The van der Waals surface area contributed by atoms with E-state index in [4.69, 9.17) is 0 Å². The van der Waals surface area contributed by atoms with Gasteiger partial charge in [-0.2, -0.15) is 0 Å². The highest BCUT2D eigenvalue weighted by atomic mass is 15.2. The molecule has 96 valence electrons. The molecule has 0 aliphatic rings. The topological polar surface area (TPSA) is 15.3 Å². The van der Waals surface area contributed by atoms with E-state index in [1.165, 1.54) is 22.4 Å². The number of rotatable bonds is 4. The number of anilines is 1. The molecule has 1 aromatic rings. The molecule has 0 fully saturated rings. The van der Waals surface area contributed by atoms with Crippen molar-refractivity contribution in [2.24, 2.45) is 0 Å². The molecular formula is C15H26N2. The molecule has 0 saturated carbocycles. The first-order chi connectivity index (χ1) is 7.79. The number of hydrogen-bond acceptors (Lipinski definition) is 2. The number of nitrogens with one attached hydrogen (secondary N) is 1. The van der Waals surface area contributed by atoms with Crippen molar-refractivity contribution in [2.75, 3.05) is 25.5 Å². The lowest BCUT2D eigenvalue weighted by atomic mass is 9.98. The highest BCUT2D eigenvalue weighted by Crippen LogP contribution is 2.28. The fraction of sp³-hybridized carbons (Fsp3) is 0.600. The summed E-state index contributed by atoms with van der Waals surface area (Å²) >= 11 is 0. The van der Waals surface area contributed by atoms with Gasteiger partial charge in [0.2, 0.25) is 0 Å². The zero-order chi connectivity index (χ0) is 13.2. The summed E-state index contributed by atoms with van der Waals surface area (Å²) in [6.07, 6.45) is 0. The van der Waals surface area contributed by atoms with Crippen LogP contribution in [0, 0.1) is 20.8 Å². The molecule has 0 heterocycles. The van der Waals surface area contributed by atoms with Gasteiger partial charge in [-0.1, -0.05) is 6.07 Å². The molecule has 0 saturated heterocycles. The molecule has 0 unspecified atom stereocenters. The van der Waals surface area contributed by atoms with Crippen LogP contribution in [-0.2, 0) is 0 Å². The van der Waals surface area contributed by atoms with Crippen LogP contribution in [0.25, 0.3) is 0 Å². The molecule has 1 rings (SSSR count). The number of aryl methyl sites for hydroxylation is 3. The molecular weight excluding hydrogens is 208 g/mol. The summed E-state index contributed by atoms with van der Waals surface area (Å²) in [5, 5.41) is 3.26. The van der Waals surface area contributed by atoms with Gasteiger partial charge in [-0.15, -0.1) is 0 Å². The molecule has 0 aliphatic carbocycles. The molecule has 1 aromatic carbocycles. The highest BCUT2D eigenvalue weighted by Gasteiger charge is 2.24.